The maximum absolute atomic E-state index is 5.60. The predicted octanol–water partition coefficient (Wildman–Crippen LogP) is 2.96. The van der Waals surface area contributed by atoms with Gasteiger partial charge >= 0.3 is 0 Å². The average molecular weight is 212 g/mol. The molecule has 0 aliphatic heterocycles. The SMILES string of the molecule is Cl.ClCCNC1CCCCCC1. The van der Waals surface area contributed by atoms with Crippen LogP contribution in [0.15, 0.2) is 0 Å². The van der Waals surface area contributed by atoms with Gasteiger partial charge in [-0.2, -0.15) is 0 Å². The van der Waals surface area contributed by atoms with Crippen LogP contribution in [-0.2, 0) is 0 Å². The zero-order valence-electron chi connectivity index (χ0n) is 7.52. The van der Waals surface area contributed by atoms with Crippen LogP contribution in [0, 0.1) is 0 Å². The Balaban J connectivity index is 0.00000121. The van der Waals surface area contributed by atoms with E-state index in [4.69, 9.17) is 11.6 Å². The van der Waals surface area contributed by atoms with Crippen molar-refractivity contribution in [3.05, 3.63) is 0 Å². The Kier molecular flexibility index (Phi) is 8.52. The van der Waals surface area contributed by atoms with Gasteiger partial charge in [0.15, 0.2) is 0 Å². The molecule has 1 rings (SSSR count). The zero-order valence-corrected chi connectivity index (χ0v) is 9.09. The second-order valence-electron chi connectivity index (χ2n) is 3.33. The molecule has 1 N–H and O–H groups in total. The lowest BCUT2D eigenvalue weighted by Gasteiger charge is -2.14. The lowest BCUT2D eigenvalue weighted by atomic mass is 10.1. The lowest BCUT2D eigenvalue weighted by Crippen LogP contribution is -2.29. The van der Waals surface area contributed by atoms with Crippen molar-refractivity contribution in [3.8, 4) is 0 Å². The van der Waals surface area contributed by atoms with E-state index in [0.717, 1.165) is 18.5 Å². The molecule has 0 atom stereocenters. The molecule has 74 valence electrons. The topological polar surface area (TPSA) is 12.0 Å². The van der Waals surface area contributed by atoms with E-state index in [1.165, 1.54) is 38.5 Å². The Morgan fingerprint density at radius 2 is 1.67 bits per heavy atom. The molecule has 1 aliphatic rings. The summed E-state index contributed by atoms with van der Waals surface area (Å²) in [4.78, 5) is 0. The minimum absolute atomic E-state index is 0. The molecule has 1 nitrogen and oxygen atoms in total. The Morgan fingerprint density at radius 3 is 2.17 bits per heavy atom. The lowest BCUT2D eigenvalue weighted by molar-refractivity contribution is 0.473. The van der Waals surface area contributed by atoms with E-state index in [1.54, 1.807) is 0 Å². The molecule has 0 unspecified atom stereocenters. The second kappa shape index (κ2) is 8.15. The maximum atomic E-state index is 5.60. The van der Waals surface area contributed by atoms with Crippen LogP contribution in [0.25, 0.3) is 0 Å². The molecule has 0 radical (unpaired) electrons. The monoisotopic (exact) mass is 211 g/mol. The second-order valence-corrected chi connectivity index (χ2v) is 3.71. The third-order valence-electron chi connectivity index (χ3n) is 2.38. The first kappa shape index (κ1) is 12.5. The molecule has 0 saturated heterocycles. The van der Waals surface area contributed by atoms with Gasteiger partial charge in [0.05, 0.1) is 0 Å². The summed E-state index contributed by atoms with van der Waals surface area (Å²) in [5.41, 5.74) is 0. The number of nitrogens with one attached hydrogen (secondary N) is 1. The first-order valence-electron chi connectivity index (χ1n) is 4.73. The predicted molar refractivity (Wildman–Crippen MR) is 57.5 cm³/mol. The van der Waals surface area contributed by atoms with Crippen LogP contribution in [0.3, 0.4) is 0 Å². The highest BCUT2D eigenvalue weighted by Crippen LogP contribution is 2.16. The van der Waals surface area contributed by atoms with Crippen molar-refractivity contribution in [1.82, 2.24) is 5.32 Å². The van der Waals surface area contributed by atoms with Crippen molar-refractivity contribution in [2.75, 3.05) is 12.4 Å². The van der Waals surface area contributed by atoms with E-state index >= 15 is 0 Å². The van der Waals surface area contributed by atoms with Gasteiger partial charge in [-0.1, -0.05) is 25.7 Å². The standard InChI is InChI=1S/C9H18ClN.ClH/c10-7-8-11-9-5-3-1-2-4-6-9;/h9,11H,1-8H2;1H. The van der Waals surface area contributed by atoms with E-state index < -0.39 is 0 Å². The van der Waals surface area contributed by atoms with Gasteiger partial charge in [0.1, 0.15) is 0 Å². The number of hydrogen-bond donors (Lipinski definition) is 1. The van der Waals surface area contributed by atoms with Crippen LogP contribution in [-0.4, -0.2) is 18.5 Å². The van der Waals surface area contributed by atoms with Crippen LogP contribution in [0.2, 0.25) is 0 Å². The van der Waals surface area contributed by atoms with Gasteiger partial charge in [0, 0.05) is 18.5 Å². The van der Waals surface area contributed by atoms with Crippen LogP contribution in [0.4, 0.5) is 0 Å². The minimum atomic E-state index is 0. The van der Waals surface area contributed by atoms with Crippen molar-refractivity contribution >= 4 is 24.0 Å². The van der Waals surface area contributed by atoms with Crippen molar-refractivity contribution in [3.63, 3.8) is 0 Å². The number of halogens is 2. The highest BCUT2D eigenvalue weighted by atomic mass is 35.5. The van der Waals surface area contributed by atoms with E-state index in [-0.39, 0.29) is 12.4 Å². The summed E-state index contributed by atoms with van der Waals surface area (Å²) in [6.07, 6.45) is 8.38. The van der Waals surface area contributed by atoms with E-state index in [1.807, 2.05) is 0 Å². The largest absolute Gasteiger partial charge is 0.313 e. The van der Waals surface area contributed by atoms with E-state index in [9.17, 15) is 0 Å². The molecule has 0 aromatic rings. The Hall–Kier alpha value is 0.540. The van der Waals surface area contributed by atoms with Crippen molar-refractivity contribution in [2.24, 2.45) is 0 Å². The smallest absolute Gasteiger partial charge is 0.0348 e. The van der Waals surface area contributed by atoms with Crippen molar-refractivity contribution < 1.29 is 0 Å². The summed E-state index contributed by atoms with van der Waals surface area (Å²) >= 11 is 5.60. The van der Waals surface area contributed by atoms with Gasteiger partial charge in [0.2, 0.25) is 0 Å². The van der Waals surface area contributed by atoms with Gasteiger partial charge in [-0.05, 0) is 12.8 Å². The third kappa shape index (κ3) is 5.23. The van der Waals surface area contributed by atoms with Crippen molar-refractivity contribution in [1.29, 1.82) is 0 Å². The highest BCUT2D eigenvalue weighted by Gasteiger charge is 2.09. The molecule has 1 fully saturated rings. The van der Waals surface area contributed by atoms with Crippen LogP contribution in [0.5, 0.6) is 0 Å². The number of rotatable bonds is 3. The Morgan fingerprint density at radius 1 is 1.08 bits per heavy atom. The van der Waals surface area contributed by atoms with Crippen LogP contribution in [0.1, 0.15) is 38.5 Å². The van der Waals surface area contributed by atoms with E-state index in [0.29, 0.717) is 0 Å². The quantitative estimate of drug-likeness (QED) is 0.560. The first-order chi connectivity index (χ1) is 5.43. The maximum Gasteiger partial charge on any atom is 0.0348 e. The molecule has 1 saturated carbocycles. The molecule has 0 aromatic heterocycles. The van der Waals surface area contributed by atoms with Crippen molar-refractivity contribution in [2.45, 2.75) is 44.6 Å². The molecule has 12 heavy (non-hydrogen) atoms. The summed E-state index contributed by atoms with van der Waals surface area (Å²) < 4.78 is 0. The molecule has 1 aliphatic carbocycles. The first-order valence-corrected chi connectivity index (χ1v) is 5.26. The summed E-state index contributed by atoms with van der Waals surface area (Å²) in [6, 6.07) is 0.760. The van der Waals surface area contributed by atoms with Crippen LogP contribution < -0.4 is 5.32 Å². The number of hydrogen-bond acceptors (Lipinski definition) is 1. The van der Waals surface area contributed by atoms with E-state index in [2.05, 4.69) is 5.32 Å². The fourth-order valence-corrected chi connectivity index (χ4v) is 1.85. The van der Waals surface area contributed by atoms with Crippen LogP contribution >= 0.6 is 24.0 Å². The fourth-order valence-electron chi connectivity index (χ4n) is 1.74. The molecular weight excluding hydrogens is 193 g/mol. The van der Waals surface area contributed by atoms with Gasteiger partial charge < -0.3 is 5.32 Å². The average Bonchev–Trinajstić information content (AvgIpc) is 2.28. The molecule has 0 heterocycles. The summed E-state index contributed by atoms with van der Waals surface area (Å²) in [5, 5.41) is 3.48. The van der Waals surface area contributed by atoms with Gasteiger partial charge in [-0.15, -0.1) is 24.0 Å². The van der Waals surface area contributed by atoms with Gasteiger partial charge in [0.25, 0.3) is 0 Å². The fraction of sp³-hybridized carbons (Fsp3) is 1.00. The summed E-state index contributed by atoms with van der Waals surface area (Å²) in [7, 11) is 0. The highest BCUT2D eigenvalue weighted by molar-refractivity contribution is 6.18. The zero-order chi connectivity index (χ0) is 7.94. The third-order valence-corrected chi connectivity index (χ3v) is 2.57. The normalized spacial score (nSPS) is 19.8. The Labute approximate surface area is 86.7 Å². The summed E-state index contributed by atoms with van der Waals surface area (Å²) in [5.74, 6) is 0.747. The summed E-state index contributed by atoms with van der Waals surface area (Å²) in [6.45, 7) is 0.978. The molecule has 0 aromatic carbocycles. The molecular formula is C9H19Cl2N. The van der Waals surface area contributed by atoms with Gasteiger partial charge in [-0.3, -0.25) is 0 Å². The molecule has 3 heteroatoms. The Bertz CT molecular complexity index is 90.5. The number of alkyl halides is 1. The molecule has 0 spiro atoms. The molecule has 0 amide bonds. The molecule has 0 bridgehead atoms. The van der Waals surface area contributed by atoms with Gasteiger partial charge in [-0.25, -0.2) is 0 Å². The minimum Gasteiger partial charge on any atom is -0.313 e.